The zero-order valence-electron chi connectivity index (χ0n) is 17.5. The molecule has 0 fully saturated rings. The van der Waals surface area contributed by atoms with Gasteiger partial charge in [0, 0.05) is 6.20 Å². The van der Waals surface area contributed by atoms with Gasteiger partial charge in [-0.25, -0.2) is 0 Å². The Bertz CT molecular complexity index is 561. The van der Waals surface area contributed by atoms with Gasteiger partial charge in [-0.3, -0.25) is 14.6 Å². The lowest BCUT2D eigenvalue weighted by Gasteiger charge is -2.05. The number of nitrogens with zero attached hydrogens (tertiary/aromatic N) is 1. The van der Waals surface area contributed by atoms with Gasteiger partial charge in [-0.1, -0.05) is 84.0 Å². The minimum Gasteiger partial charge on any atom is -0.480 e. The van der Waals surface area contributed by atoms with Crippen LogP contribution in [0.5, 0.6) is 0 Å². The van der Waals surface area contributed by atoms with Crippen molar-refractivity contribution in [3.63, 3.8) is 0 Å². The van der Waals surface area contributed by atoms with E-state index in [0.717, 1.165) is 18.4 Å². The second kappa shape index (κ2) is 16.1. The number of rotatable bonds is 17. The maximum atomic E-state index is 11.9. The van der Waals surface area contributed by atoms with E-state index in [2.05, 4.69) is 17.2 Å². The smallest absolute Gasteiger partial charge is 0.322 e. The fourth-order valence-corrected chi connectivity index (χ4v) is 3.35. The van der Waals surface area contributed by atoms with E-state index >= 15 is 0 Å². The average molecular weight is 391 g/mol. The van der Waals surface area contributed by atoms with Gasteiger partial charge in [0.25, 0.3) is 5.91 Å². The maximum Gasteiger partial charge on any atom is 0.322 e. The molecule has 28 heavy (non-hydrogen) atoms. The van der Waals surface area contributed by atoms with Crippen LogP contribution in [0, 0.1) is 0 Å². The quantitative estimate of drug-likeness (QED) is 0.343. The van der Waals surface area contributed by atoms with Gasteiger partial charge in [0.1, 0.15) is 12.2 Å². The van der Waals surface area contributed by atoms with Crippen molar-refractivity contribution in [2.45, 2.75) is 96.8 Å². The zero-order valence-corrected chi connectivity index (χ0v) is 17.5. The van der Waals surface area contributed by atoms with Crippen LogP contribution in [-0.4, -0.2) is 28.5 Å². The monoisotopic (exact) mass is 390 g/mol. The summed E-state index contributed by atoms with van der Waals surface area (Å²) in [6.45, 7) is 1.88. The molecule has 1 rings (SSSR count). The molecule has 5 heteroatoms. The van der Waals surface area contributed by atoms with Crippen LogP contribution in [0.25, 0.3) is 0 Å². The standard InChI is InChI=1S/C23H38N2O3/c1-2-3-4-5-6-7-8-9-10-11-12-13-14-15-20-16-17-24-21(18-20)23(28)25-19-22(26)27/h16-18H,2-15,19H2,1H3,(H,25,28)(H,26,27). The van der Waals surface area contributed by atoms with Crippen LogP contribution in [-0.2, 0) is 11.2 Å². The number of aromatic nitrogens is 1. The van der Waals surface area contributed by atoms with Gasteiger partial charge in [0.15, 0.2) is 0 Å². The zero-order chi connectivity index (χ0) is 20.5. The van der Waals surface area contributed by atoms with E-state index in [1.54, 1.807) is 12.3 Å². The molecule has 0 aliphatic heterocycles. The molecule has 0 aliphatic rings. The van der Waals surface area contributed by atoms with Gasteiger partial charge in [-0.05, 0) is 30.5 Å². The molecule has 0 atom stereocenters. The van der Waals surface area contributed by atoms with Crippen LogP contribution >= 0.6 is 0 Å². The van der Waals surface area contributed by atoms with Crippen LogP contribution in [0.3, 0.4) is 0 Å². The largest absolute Gasteiger partial charge is 0.480 e. The summed E-state index contributed by atoms with van der Waals surface area (Å²) in [5.74, 6) is -1.49. The molecule has 1 heterocycles. The maximum absolute atomic E-state index is 11.9. The number of pyridine rings is 1. The summed E-state index contributed by atoms with van der Waals surface area (Å²) in [6, 6.07) is 3.69. The first-order valence-electron chi connectivity index (χ1n) is 11.1. The van der Waals surface area contributed by atoms with Crippen LogP contribution < -0.4 is 5.32 Å². The number of carboxylic acid groups (broad SMARTS) is 1. The Hall–Kier alpha value is -1.91. The molecule has 0 aromatic carbocycles. The number of aryl methyl sites for hydroxylation is 1. The van der Waals surface area contributed by atoms with Crippen molar-refractivity contribution in [2.24, 2.45) is 0 Å². The molecule has 0 radical (unpaired) electrons. The molecule has 0 aliphatic carbocycles. The first-order valence-corrected chi connectivity index (χ1v) is 11.1. The number of amides is 1. The highest BCUT2D eigenvalue weighted by atomic mass is 16.4. The molecule has 1 aromatic rings. The van der Waals surface area contributed by atoms with Crippen molar-refractivity contribution in [2.75, 3.05) is 6.54 Å². The summed E-state index contributed by atoms with van der Waals surface area (Å²) in [6.07, 6.45) is 19.9. The molecule has 5 nitrogen and oxygen atoms in total. The molecule has 0 saturated heterocycles. The van der Waals surface area contributed by atoms with Gasteiger partial charge in [0.05, 0.1) is 0 Å². The summed E-state index contributed by atoms with van der Waals surface area (Å²) in [7, 11) is 0. The summed E-state index contributed by atoms with van der Waals surface area (Å²) in [5.41, 5.74) is 1.37. The highest BCUT2D eigenvalue weighted by Gasteiger charge is 2.09. The summed E-state index contributed by atoms with van der Waals surface area (Å²) in [4.78, 5) is 26.4. The highest BCUT2D eigenvalue weighted by molar-refractivity contribution is 5.94. The predicted octanol–water partition coefficient (Wildman–Crippen LogP) is 5.53. The number of unbranched alkanes of at least 4 members (excludes halogenated alkanes) is 12. The van der Waals surface area contributed by atoms with Crippen molar-refractivity contribution in [3.8, 4) is 0 Å². The SMILES string of the molecule is CCCCCCCCCCCCCCCc1ccnc(C(=O)NCC(=O)O)c1. The molecule has 0 bridgehead atoms. The molecule has 0 spiro atoms. The van der Waals surface area contributed by atoms with Crippen LogP contribution in [0.1, 0.15) is 106 Å². The number of hydrogen-bond acceptors (Lipinski definition) is 3. The van der Waals surface area contributed by atoms with E-state index < -0.39 is 11.9 Å². The fourth-order valence-electron chi connectivity index (χ4n) is 3.35. The van der Waals surface area contributed by atoms with E-state index in [1.807, 2.05) is 6.07 Å². The van der Waals surface area contributed by atoms with E-state index in [-0.39, 0.29) is 12.2 Å². The Morgan fingerprint density at radius 3 is 1.96 bits per heavy atom. The van der Waals surface area contributed by atoms with Crippen molar-refractivity contribution in [1.82, 2.24) is 10.3 Å². The second-order valence-electron chi connectivity index (χ2n) is 7.62. The van der Waals surface area contributed by atoms with E-state index in [9.17, 15) is 9.59 Å². The number of nitrogens with one attached hydrogen (secondary N) is 1. The fraction of sp³-hybridized carbons (Fsp3) is 0.696. The van der Waals surface area contributed by atoms with E-state index in [0.29, 0.717) is 0 Å². The van der Waals surface area contributed by atoms with Crippen molar-refractivity contribution < 1.29 is 14.7 Å². The third-order valence-corrected chi connectivity index (χ3v) is 5.03. The van der Waals surface area contributed by atoms with Gasteiger partial charge < -0.3 is 10.4 Å². The molecule has 158 valence electrons. The second-order valence-corrected chi connectivity index (χ2v) is 7.62. The van der Waals surface area contributed by atoms with Crippen LogP contribution in [0.2, 0.25) is 0 Å². The van der Waals surface area contributed by atoms with E-state index in [1.165, 1.54) is 77.0 Å². The van der Waals surface area contributed by atoms with Crippen molar-refractivity contribution in [3.05, 3.63) is 29.6 Å². The molecule has 1 amide bonds. The lowest BCUT2D eigenvalue weighted by molar-refractivity contribution is -0.135. The predicted molar refractivity (Wildman–Crippen MR) is 114 cm³/mol. The first-order chi connectivity index (χ1) is 13.6. The number of carboxylic acids is 1. The van der Waals surface area contributed by atoms with Gasteiger partial charge in [-0.15, -0.1) is 0 Å². The van der Waals surface area contributed by atoms with Gasteiger partial charge in [0.2, 0.25) is 0 Å². The minimum atomic E-state index is -1.06. The lowest BCUT2D eigenvalue weighted by Crippen LogP contribution is -2.29. The Morgan fingerprint density at radius 1 is 0.893 bits per heavy atom. The Balaban J connectivity index is 2.03. The summed E-state index contributed by atoms with van der Waals surface area (Å²) < 4.78 is 0. The summed E-state index contributed by atoms with van der Waals surface area (Å²) >= 11 is 0. The number of aliphatic carboxylic acids is 1. The number of hydrogen-bond donors (Lipinski definition) is 2. The van der Waals surface area contributed by atoms with Gasteiger partial charge in [-0.2, -0.15) is 0 Å². The minimum absolute atomic E-state index is 0.286. The van der Waals surface area contributed by atoms with Crippen LogP contribution in [0.4, 0.5) is 0 Å². The third-order valence-electron chi connectivity index (χ3n) is 5.03. The highest BCUT2D eigenvalue weighted by Crippen LogP contribution is 2.14. The Labute approximate surface area is 170 Å². The molecular weight excluding hydrogens is 352 g/mol. The van der Waals surface area contributed by atoms with Crippen molar-refractivity contribution in [1.29, 1.82) is 0 Å². The molecule has 1 aromatic heterocycles. The normalized spacial score (nSPS) is 10.8. The first kappa shape index (κ1) is 24.1. The lowest BCUT2D eigenvalue weighted by atomic mass is 10.0. The van der Waals surface area contributed by atoms with Crippen molar-refractivity contribution >= 4 is 11.9 Å². The molecular formula is C23H38N2O3. The average Bonchev–Trinajstić information content (AvgIpc) is 2.70. The molecule has 0 saturated carbocycles. The third kappa shape index (κ3) is 12.5. The van der Waals surface area contributed by atoms with Crippen LogP contribution in [0.15, 0.2) is 18.3 Å². The molecule has 0 unspecified atom stereocenters. The Kier molecular flexibility index (Phi) is 13.9. The number of carbonyl (C=O) groups is 2. The Morgan fingerprint density at radius 2 is 1.43 bits per heavy atom. The molecule has 2 N–H and O–H groups in total. The number of carbonyl (C=O) groups excluding carboxylic acids is 1. The summed E-state index contributed by atoms with van der Waals surface area (Å²) in [5, 5.41) is 11.0. The van der Waals surface area contributed by atoms with E-state index in [4.69, 9.17) is 5.11 Å². The topological polar surface area (TPSA) is 79.3 Å². The van der Waals surface area contributed by atoms with Gasteiger partial charge >= 0.3 is 5.97 Å².